The molecule has 0 aliphatic carbocycles. The second kappa shape index (κ2) is 8.17. The maximum atomic E-state index is 13.0. The number of hydrogen-bond acceptors (Lipinski definition) is 5. The van der Waals surface area contributed by atoms with Gasteiger partial charge in [-0.1, -0.05) is 44.2 Å². The highest BCUT2D eigenvalue weighted by molar-refractivity contribution is 6.36. The number of ether oxygens (including phenoxy) is 2. The maximum absolute atomic E-state index is 13.0. The minimum absolute atomic E-state index is 0.172. The Morgan fingerprint density at radius 1 is 0.929 bits per heavy atom. The van der Waals surface area contributed by atoms with E-state index in [4.69, 9.17) is 9.47 Å². The number of rotatable bonds is 7. The molecule has 0 aromatic heterocycles. The van der Waals surface area contributed by atoms with E-state index in [9.17, 15) is 9.59 Å². The van der Waals surface area contributed by atoms with Gasteiger partial charge >= 0.3 is 0 Å². The molecule has 2 aromatic carbocycles. The van der Waals surface area contributed by atoms with Crippen LogP contribution in [0.2, 0.25) is 0 Å². The van der Waals surface area contributed by atoms with Crippen molar-refractivity contribution in [2.24, 2.45) is 5.92 Å². The molecular formula is C22H24N2O4. The lowest BCUT2D eigenvalue weighted by molar-refractivity contribution is -0.137. The number of benzene rings is 2. The van der Waals surface area contributed by atoms with E-state index >= 15 is 0 Å². The SMILES string of the molecule is COc1ccc(NC2=C(c3ccccc3)C(=O)N(CC(C)C)C2=O)cc1OC. The summed E-state index contributed by atoms with van der Waals surface area (Å²) in [5, 5.41) is 3.13. The first-order chi connectivity index (χ1) is 13.5. The van der Waals surface area contributed by atoms with Gasteiger partial charge in [-0.3, -0.25) is 14.5 Å². The third kappa shape index (κ3) is 3.71. The molecule has 146 valence electrons. The van der Waals surface area contributed by atoms with Gasteiger partial charge in [0.15, 0.2) is 11.5 Å². The molecule has 1 aliphatic rings. The van der Waals surface area contributed by atoms with Crippen LogP contribution in [0.5, 0.6) is 11.5 Å². The van der Waals surface area contributed by atoms with Gasteiger partial charge in [-0.05, 0) is 23.6 Å². The summed E-state index contributed by atoms with van der Waals surface area (Å²) < 4.78 is 10.6. The molecule has 0 saturated carbocycles. The Morgan fingerprint density at radius 3 is 2.21 bits per heavy atom. The first-order valence-corrected chi connectivity index (χ1v) is 9.11. The van der Waals surface area contributed by atoms with E-state index in [-0.39, 0.29) is 23.4 Å². The van der Waals surface area contributed by atoms with Gasteiger partial charge < -0.3 is 14.8 Å². The molecule has 0 unspecified atom stereocenters. The molecule has 6 heteroatoms. The van der Waals surface area contributed by atoms with Crippen LogP contribution in [0.1, 0.15) is 19.4 Å². The molecule has 1 N–H and O–H groups in total. The molecule has 0 saturated heterocycles. The van der Waals surface area contributed by atoms with E-state index in [0.717, 1.165) is 0 Å². The number of anilines is 1. The molecule has 0 spiro atoms. The highest BCUT2D eigenvalue weighted by Gasteiger charge is 2.39. The largest absolute Gasteiger partial charge is 0.493 e. The molecular weight excluding hydrogens is 356 g/mol. The third-order valence-corrected chi connectivity index (χ3v) is 4.43. The molecule has 0 bridgehead atoms. The molecule has 1 aliphatic heterocycles. The summed E-state index contributed by atoms with van der Waals surface area (Å²) in [5.41, 5.74) is 1.98. The van der Waals surface area contributed by atoms with Gasteiger partial charge in [0.2, 0.25) is 0 Å². The predicted molar refractivity (Wildman–Crippen MR) is 108 cm³/mol. The number of carbonyl (C=O) groups excluding carboxylic acids is 2. The molecule has 0 radical (unpaired) electrons. The molecule has 28 heavy (non-hydrogen) atoms. The second-order valence-corrected chi connectivity index (χ2v) is 6.93. The fourth-order valence-electron chi connectivity index (χ4n) is 3.15. The fraction of sp³-hybridized carbons (Fsp3) is 0.273. The highest BCUT2D eigenvalue weighted by atomic mass is 16.5. The lowest BCUT2D eigenvalue weighted by Crippen LogP contribution is -2.35. The third-order valence-electron chi connectivity index (χ3n) is 4.43. The van der Waals surface area contributed by atoms with Gasteiger partial charge in [0.25, 0.3) is 11.8 Å². The van der Waals surface area contributed by atoms with Crippen molar-refractivity contribution in [3.05, 3.63) is 59.8 Å². The van der Waals surface area contributed by atoms with Gasteiger partial charge in [0, 0.05) is 18.3 Å². The van der Waals surface area contributed by atoms with Crippen molar-refractivity contribution >= 4 is 23.1 Å². The first kappa shape index (κ1) is 19.5. The minimum atomic E-state index is -0.327. The van der Waals surface area contributed by atoms with Crippen molar-refractivity contribution in [3.63, 3.8) is 0 Å². The number of carbonyl (C=O) groups is 2. The van der Waals surface area contributed by atoms with Gasteiger partial charge in [-0.2, -0.15) is 0 Å². The van der Waals surface area contributed by atoms with E-state index in [1.165, 1.54) is 4.90 Å². The molecule has 2 amide bonds. The average Bonchev–Trinajstić information content (AvgIpc) is 2.92. The van der Waals surface area contributed by atoms with Crippen LogP contribution >= 0.6 is 0 Å². The molecule has 3 rings (SSSR count). The summed E-state index contributed by atoms with van der Waals surface area (Å²) in [6, 6.07) is 14.5. The Balaban J connectivity index is 2.04. The zero-order valence-electron chi connectivity index (χ0n) is 16.5. The predicted octanol–water partition coefficient (Wildman–Crippen LogP) is 3.55. The van der Waals surface area contributed by atoms with E-state index in [2.05, 4.69) is 5.32 Å². The smallest absolute Gasteiger partial charge is 0.278 e. The molecule has 0 fully saturated rings. The Labute approximate surface area is 164 Å². The van der Waals surface area contributed by atoms with Crippen molar-refractivity contribution in [1.29, 1.82) is 0 Å². The number of nitrogens with zero attached hydrogens (tertiary/aromatic N) is 1. The number of imide groups is 1. The summed E-state index contributed by atoms with van der Waals surface area (Å²) >= 11 is 0. The zero-order chi connectivity index (χ0) is 20.3. The van der Waals surface area contributed by atoms with E-state index in [0.29, 0.717) is 34.9 Å². The number of methoxy groups -OCH3 is 2. The standard InChI is InChI=1S/C22H24N2O4/c1-14(2)13-24-21(25)19(15-8-6-5-7-9-15)20(22(24)26)23-16-10-11-17(27-3)18(12-16)28-4/h5-12,14,23H,13H2,1-4H3. The van der Waals surface area contributed by atoms with Crippen molar-refractivity contribution in [3.8, 4) is 11.5 Å². The Bertz CT molecular complexity index is 919. The van der Waals surface area contributed by atoms with Crippen molar-refractivity contribution in [2.75, 3.05) is 26.1 Å². The van der Waals surface area contributed by atoms with Crippen LogP contribution in [0.15, 0.2) is 54.2 Å². The van der Waals surface area contributed by atoms with Crippen LogP contribution in [0, 0.1) is 5.92 Å². The first-order valence-electron chi connectivity index (χ1n) is 9.11. The summed E-state index contributed by atoms with van der Waals surface area (Å²) in [5.74, 6) is 0.677. The van der Waals surface area contributed by atoms with Gasteiger partial charge in [0.05, 0.1) is 19.8 Å². The maximum Gasteiger partial charge on any atom is 0.278 e. The van der Waals surface area contributed by atoms with E-state index in [1.54, 1.807) is 32.4 Å². The van der Waals surface area contributed by atoms with Crippen LogP contribution in [0.4, 0.5) is 5.69 Å². The van der Waals surface area contributed by atoms with Crippen molar-refractivity contribution < 1.29 is 19.1 Å². The molecule has 1 heterocycles. The highest BCUT2D eigenvalue weighted by Crippen LogP contribution is 2.34. The van der Waals surface area contributed by atoms with Crippen LogP contribution in [-0.4, -0.2) is 37.5 Å². The van der Waals surface area contributed by atoms with E-state index in [1.807, 2.05) is 44.2 Å². The molecule has 6 nitrogen and oxygen atoms in total. The Kier molecular flexibility index (Phi) is 5.68. The van der Waals surface area contributed by atoms with Gasteiger partial charge in [-0.25, -0.2) is 0 Å². The van der Waals surface area contributed by atoms with E-state index < -0.39 is 0 Å². The number of nitrogens with one attached hydrogen (secondary N) is 1. The van der Waals surface area contributed by atoms with Crippen LogP contribution in [0.25, 0.3) is 5.57 Å². The quantitative estimate of drug-likeness (QED) is 0.744. The van der Waals surface area contributed by atoms with Crippen LogP contribution in [0.3, 0.4) is 0 Å². The van der Waals surface area contributed by atoms with Gasteiger partial charge in [0.1, 0.15) is 5.70 Å². The number of amides is 2. The summed E-state index contributed by atoms with van der Waals surface area (Å²) in [4.78, 5) is 27.4. The normalized spacial score (nSPS) is 14.1. The van der Waals surface area contributed by atoms with Crippen LogP contribution < -0.4 is 14.8 Å². The monoisotopic (exact) mass is 380 g/mol. The topological polar surface area (TPSA) is 67.9 Å². The second-order valence-electron chi connectivity index (χ2n) is 6.93. The zero-order valence-corrected chi connectivity index (χ0v) is 16.5. The lowest BCUT2D eigenvalue weighted by Gasteiger charge is -2.17. The minimum Gasteiger partial charge on any atom is -0.493 e. The van der Waals surface area contributed by atoms with Crippen LogP contribution in [-0.2, 0) is 9.59 Å². The van der Waals surface area contributed by atoms with Crippen molar-refractivity contribution in [1.82, 2.24) is 4.90 Å². The summed E-state index contributed by atoms with van der Waals surface area (Å²) in [6.45, 7) is 4.32. The fourth-order valence-corrected chi connectivity index (χ4v) is 3.15. The number of hydrogen-bond donors (Lipinski definition) is 1. The lowest BCUT2D eigenvalue weighted by atomic mass is 10.0. The molecule has 2 aromatic rings. The molecule has 0 atom stereocenters. The summed E-state index contributed by atoms with van der Waals surface area (Å²) in [7, 11) is 3.11. The van der Waals surface area contributed by atoms with Gasteiger partial charge in [-0.15, -0.1) is 0 Å². The van der Waals surface area contributed by atoms with Crippen molar-refractivity contribution in [2.45, 2.75) is 13.8 Å². The Hall–Kier alpha value is -3.28. The Morgan fingerprint density at radius 2 is 1.61 bits per heavy atom. The summed E-state index contributed by atoms with van der Waals surface area (Å²) in [6.07, 6.45) is 0. The average molecular weight is 380 g/mol.